The van der Waals surface area contributed by atoms with E-state index in [9.17, 15) is 4.39 Å². The van der Waals surface area contributed by atoms with Gasteiger partial charge in [-0.15, -0.1) is 0 Å². The molecule has 1 N–H and O–H groups in total. The minimum atomic E-state index is -0.193. The third-order valence-corrected chi connectivity index (χ3v) is 4.79. The molecule has 2 aromatic carbocycles. The standard InChI is InChI=1S/C17H20FN3S/c1-19-12-6-7-13-20-16-10-4-5-11-17(16)21(22-20)15-9-3-2-8-14(15)18/h2-5,8-11,19H,6-7,12-13H2,1H3. The average Bonchev–Trinajstić information content (AvgIpc) is 2.91. The van der Waals surface area contributed by atoms with Crippen LogP contribution in [0.25, 0.3) is 0 Å². The molecule has 0 aliphatic carbocycles. The number of halogens is 1. The van der Waals surface area contributed by atoms with E-state index in [0.717, 1.165) is 37.3 Å². The van der Waals surface area contributed by atoms with Gasteiger partial charge >= 0.3 is 0 Å². The molecule has 0 aromatic heterocycles. The Kier molecular flexibility index (Phi) is 4.85. The van der Waals surface area contributed by atoms with Crippen LogP contribution in [0.15, 0.2) is 48.5 Å². The molecule has 1 aliphatic rings. The van der Waals surface area contributed by atoms with Crippen LogP contribution in [0.3, 0.4) is 0 Å². The summed E-state index contributed by atoms with van der Waals surface area (Å²) in [5.41, 5.74) is 2.81. The molecule has 22 heavy (non-hydrogen) atoms. The van der Waals surface area contributed by atoms with Gasteiger partial charge in [-0.3, -0.25) is 8.61 Å². The number of benzene rings is 2. The fourth-order valence-electron chi connectivity index (χ4n) is 2.54. The van der Waals surface area contributed by atoms with Gasteiger partial charge in [0, 0.05) is 6.54 Å². The van der Waals surface area contributed by atoms with Crippen molar-refractivity contribution in [1.82, 2.24) is 5.32 Å². The highest BCUT2D eigenvalue weighted by Gasteiger charge is 2.29. The Morgan fingerprint density at radius 2 is 1.64 bits per heavy atom. The first-order valence-corrected chi connectivity index (χ1v) is 8.28. The van der Waals surface area contributed by atoms with Crippen LogP contribution in [0.2, 0.25) is 0 Å². The van der Waals surface area contributed by atoms with Crippen molar-refractivity contribution >= 4 is 29.2 Å². The lowest BCUT2D eigenvalue weighted by Crippen LogP contribution is -2.17. The number of fused-ring (bicyclic) bond motifs is 1. The third kappa shape index (κ3) is 3.05. The fourth-order valence-corrected chi connectivity index (χ4v) is 3.67. The maximum absolute atomic E-state index is 14.1. The Balaban J connectivity index is 1.81. The molecule has 1 heterocycles. The molecule has 0 saturated carbocycles. The van der Waals surface area contributed by atoms with Crippen LogP contribution < -0.4 is 13.9 Å². The Morgan fingerprint density at radius 3 is 2.36 bits per heavy atom. The molecule has 0 unspecified atom stereocenters. The zero-order valence-electron chi connectivity index (χ0n) is 12.6. The first kappa shape index (κ1) is 15.2. The van der Waals surface area contributed by atoms with Crippen LogP contribution in [0.1, 0.15) is 12.8 Å². The molecule has 0 bridgehead atoms. The first-order chi connectivity index (χ1) is 10.8. The molecule has 116 valence electrons. The van der Waals surface area contributed by atoms with Crippen molar-refractivity contribution < 1.29 is 4.39 Å². The molecule has 5 heteroatoms. The fraction of sp³-hybridized carbons (Fsp3) is 0.294. The van der Waals surface area contributed by atoms with E-state index < -0.39 is 0 Å². The normalized spacial score (nSPS) is 13.5. The SMILES string of the molecule is CNCCCCN1SN(c2ccccc2F)c2ccccc21. The second-order valence-electron chi connectivity index (χ2n) is 5.23. The minimum absolute atomic E-state index is 0.193. The van der Waals surface area contributed by atoms with Gasteiger partial charge in [-0.25, -0.2) is 4.39 Å². The van der Waals surface area contributed by atoms with Crippen LogP contribution >= 0.6 is 12.1 Å². The Bertz CT molecular complexity index is 635. The monoisotopic (exact) mass is 317 g/mol. The molecule has 1 aliphatic heterocycles. The highest BCUT2D eigenvalue weighted by atomic mass is 32.2. The Hall–Kier alpha value is -1.72. The Labute approximate surface area is 135 Å². The molecule has 0 saturated heterocycles. The summed E-state index contributed by atoms with van der Waals surface area (Å²) >= 11 is 1.57. The maximum Gasteiger partial charge on any atom is 0.147 e. The zero-order chi connectivity index (χ0) is 15.4. The number of nitrogens with one attached hydrogen (secondary N) is 1. The van der Waals surface area contributed by atoms with E-state index in [1.165, 1.54) is 6.07 Å². The number of anilines is 3. The number of hydrogen-bond donors (Lipinski definition) is 1. The molecule has 0 atom stereocenters. The van der Waals surface area contributed by atoms with E-state index in [4.69, 9.17) is 0 Å². The van der Waals surface area contributed by atoms with E-state index in [1.54, 1.807) is 18.2 Å². The van der Waals surface area contributed by atoms with Gasteiger partial charge in [0.15, 0.2) is 0 Å². The van der Waals surface area contributed by atoms with Crippen LogP contribution in [0.5, 0.6) is 0 Å². The number of hydrogen-bond acceptors (Lipinski definition) is 4. The summed E-state index contributed by atoms with van der Waals surface area (Å²) in [6, 6.07) is 15.1. The largest absolute Gasteiger partial charge is 0.320 e. The summed E-state index contributed by atoms with van der Waals surface area (Å²) in [4.78, 5) is 0. The molecular formula is C17H20FN3S. The van der Waals surface area contributed by atoms with Crippen molar-refractivity contribution in [2.45, 2.75) is 12.8 Å². The van der Waals surface area contributed by atoms with Gasteiger partial charge in [0.25, 0.3) is 0 Å². The minimum Gasteiger partial charge on any atom is -0.320 e. The maximum atomic E-state index is 14.1. The van der Waals surface area contributed by atoms with Gasteiger partial charge in [-0.05, 0) is 50.7 Å². The summed E-state index contributed by atoms with van der Waals surface area (Å²) in [6.45, 7) is 1.98. The van der Waals surface area contributed by atoms with Crippen LogP contribution in [0, 0.1) is 5.82 Å². The molecule has 0 fully saturated rings. The first-order valence-electron chi connectivity index (χ1n) is 7.55. The summed E-state index contributed by atoms with van der Waals surface area (Å²) < 4.78 is 18.4. The second-order valence-corrected chi connectivity index (χ2v) is 6.20. The van der Waals surface area contributed by atoms with E-state index in [0.29, 0.717) is 5.69 Å². The van der Waals surface area contributed by atoms with E-state index >= 15 is 0 Å². The molecular weight excluding hydrogens is 297 g/mol. The molecule has 0 radical (unpaired) electrons. The van der Waals surface area contributed by atoms with Crippen molar-refractivity contribution in [2.24, 2.45) is 0 Å². The van der Waals surface area contributed by atoms with E-state index in [2.05, 4.69) is 15.7 Å². The van der Waals surface area contributed by atoms with Gasteiger partial charge in [-0.2, -0.15) is 0 Å². The molecule has 3 rings (SSSR count). The van der Waals surface area contributed by atoms with Gasteiger partial charge < -0.3 is 5.32 Å². The molecule has 0 amide bonds. The van der Waals surface area contributed by atoms with Crippen molar-refractivity contribution in [1.29, 1.82) is 0 Å². The van der Waals surface area contributed by atoms with Crippen molar-refractivity contribution in [3.63, 3.8) is 0 Å². The van der Waals surface area contributed by atoms with E-state index in [-0.39, 0.29) is 5.82 Å². The topological polar surface area (TPSA) is 18.5 Å². The van der Waals surface area contributed by atoms with Gasteiger partial charge in [0.2, 0.25) is 0 Å². The molecule has 2 aromatic rings. The molecule has 3 nitrogen and oxygen atoms in total. The highest BCUT2D eigenvalue weighted by molar-refractivity contribution is 8.02. The smallest absolute Gasteiger partial charge is 0.147 e. The number of para-hydroxylation sites is 3. The number of unbranched alkanes of at least 4 members (excludes halogenated alkanes) is 1. The van der Waals surface area contributed by atoms with Gasteiger partial charge in [0.05, 0.1) is 29.2 Å². The van der Waals surface area contributed by atoms with Crippen molar-refractivity contribution in [2.75, 3.05) is 28.7 Å². The zero-order valence-corrected chi connectivity index (χ0v) is 13.4. The lowest BCUT2D eigenvalue weighted by Gasteiger charge is -2.19. The van der Waals surface area contributed by atoms with Crippen LogP contribution in [-0.4, -0.2) is 20.1 Å². The van der Waals surface area contributed by atoms with Crippen molar-refractivity contribution in [3.8, 4) is 0 Å². The number of rotatable bonds is 6. The van der Waals surface area contributed by atoms with Gasteiger partial charge in [-0.1, -0.05) is 24.3 Å². The predicted octanol–water partition coefficient (Wildman–Crippen LogP) is 4.35. The third-order valence-electron chi connectivity index (χ3n) is 3.66. The van der Waals surface area contributed by atoms with Crippen molar-refractivity contribution in [3.05, 3.63) is 54.3 Å². The highest BCUT2D eigenvalue weighted by Crippen LogP contribution is 2.49. The number of nitrogens with zero attached hydrogens (tertiary/aromatic N) is 2. The summed E-state index contributed by atoms with van der Waals surface area (Å²) in [5, 5.41) is 3.17. The predicted molar refractivity (Wildman–Crippen MR) is 93.1 cm³/mol. The summed E-state index contributed by atoms with van der Waals surface area (Å²) in [7, 11) is 1.97. The summed E-state index contributed by atoms with van der Waals surface area (Å²) in [5.74, 6) is -0.193. The molecule has 0 spiro atoms. The van der Waals surface area contributed by atoms with Gasteiger partial charge in [0.1, 0.15) is 5.82 Å². The van der Waals surface area contributed by atoms with Crippen LogP contribution in [-0.2, 0) is 0 Å². The Morgan fingerprint density at radius 1 is 0.955 bits per heavy atom. The second kappa shape index (κ2) is 7.03. The summed E-state index contributed by atoms with van der Waals surface area (Å²) in [6.07, 6.45) is 2.24. The van der Waals surface area contributed by atoms with E-state index in [1.807, 2.05) is 41.7 Å². The van der Waals surface area contributed by atoms with Crippen LogP contribution in [0.4, 0.5) is 21.5 Å². The lowest BCUT2D eigenvalue weighted by molar-refractivity contribution is 0.630. The quantitative estimate of drug-likeness (QED) is 0.630. The average molecular weight is 317 g/mol. The lowest BCUT2D eigenvalue weighted by atomic mass is 10.2.